The predicted molar refractivity (Wildman–Crippen MR) is 311 cm³/mol. The molecule has 2 heteroatoms. The van der Waals surface area contributed by atoms with E-state index in [2.05, 4.69) is 265 Å². The van der Waals surface area contributed by atoms with E-state index >= 15 is 0 Å². The van der Waals surface area contributed by atoms with Gasteiger partial charge in [-0.15, -0.1) is 11.3 Å². The molecule has 0 saturated carbocycles. The van der Waals surface area contributed by atoms with Crippen molar-refractivity contribution in [2.45, 2.75) is 0 Å². The molecule has 0 aliphatic carbocycles. The fourth-order valence-corrected chi connectivity index (χ4v) is 13.2. The molecule has 72 heavy (non-hydrogen) atoms. The molecule has 0 N–H and O–H groups in total. The lowest BCUT2D eigenvalue weighted by molar-refractivity contribution is 1.21. The van der Waals surface area contributed by atoms with Crippen LogP contribution >= 0.6 is 11.3 Å². The minimum absolute atomic E-state index is 1.19. The number of benzene rings is 13. The summed E-state index contributed by atoms with van der Waals surface area (Å²) in [5.74, 6) is 0. The number of nitrogens with zero attached hydrogens (tertiary/aromatic N) is 1. The highest BCUT2D eigenvalue weighted by Gasteiger charge is 2.24. The fourth-order valence-electron chi connectivity index (χ4n) is 12.1. The first kappa shape index (κ1) is 40.8. The van der Waals surface area contributed by atoms with E-state index in [1.165, 1.54) is 146 Å². The zero-order valence-electron chi connectivity index (χ0n) is 39.2. The molecule has 15 rings (SSSR count). The first-order valence-electron chi connectivity index (χ1n) is 24.8. The van der Waals surface area contributed by atoms with Gasteiger partial charge in [0.25, 0.3) is 0 Å². The van der Waals surface area contributed by atoms with Crippen molar-refractivity contribution in [3.63, 3.8) is 0 Å². The summed E-state index contributed by atoms with van der Waals surface area (Å²) in [6.45, 7) is 0. The van der Waals surface area contributed by atoms with Gasteiger partial charge < -0.3 is 4.57 Å². The molecule has 0 saturated heterocycles. The van der Waals surface area contributed by atoms with Crippen molar-refractivity contribution >= 4 is 96.4 Å². The number of hydrogen-bond acceptors (Lipinski definition) is 1. The Labute approximate surface area is 420 Å². The molecule has 2 heterocycles. The van der Waals surface area contributed by atoms with Gasteiger partial charge in [-0.25, -0.2) is 0 Å². The zero-order valence-corrected chi connectivity index (χ0v) is 40.0. The molecule has 0 radical (unpaired) electrons. The first-order chi connectivity index (χ1) is 35.7. The second kappa shape index (κ2) is 16.2. The number of thiophene rings is 1. The summed E-state index contributed by atoms with van der Waals surface area (Å²) >= 11 is 1.89. The topological polar surface area (TPSA) is 4.93 Å². The molecule has 0 fully saturated rings. The minimum atomic E-state index is 1.19. The SMILES string of the molecule is c1ccc(-c2ccc3c(c2)c2cc(-c4ccccc4)ccc2n3-c2c3ccccc3c(-c3cccc4sc5ccc(-c6c7ccccc7c(-c7ccccc7)c7ccccc67)cc5c34)c3ccccc23)cc1. The number of rotatable bonds is 6. The molecule has 0 unspecified atom stereocenters. The lowest BCUT2D eigenvalue weighted by atomic mass is 9.85. The number of hydrogen-bond donors (Lipinski definition) is 0. The Morgan fingerprint density at radius 2 is 0.639 bits per heavy atom. The van der Waals surface area contributed by atoms with Gasteiger partial charge in [0.1, 0.15) is 0 Å². The van der Waals surface area contributed by atoms with Crippen molar-refractivity contribution in [2.75, 3.05) is 0 Å². The third kappa shape index (κ3) is 6.19. The largest absolute Gasteiger partial charge is 0.308 e. The first-order valence-corrected chi connectivity index (χ1v) is 25.6. The maximum absolute atomic E-state index is 2.55. The van der Waals surface area contributed by atoms with E-state index in [1.807, 2.05) is 11.3 Å². The van der Waals surface area contributed by atoms with Crippen molar-refractivity contribution < 1.29 is 0 Å². The van der Waals surface area contributed by atoms with Gasteiger partial charge in [-0.05, 0) is 130 Å². The van der Waals surface area contributed by atoms with Gasteiger partial charge >= 0.3 is 0 Å². The fraction of sp³-hybridized carbons (Fsp3) is 0. The van der Waals surface area contributed by atoms with Crippen molar-refractivity contribution in [3.8, 4) is 61.3 Å². The molecule has 0 aliphatic rings. The molecule has 334 valence electrons. The maximum atomic E-state index is 2.55. The Bertz CT molecular complexity index is 4450. The highest BCUT2D eigenvalue weighted by Crippen LogP contribution is 2.50. The van der Waals surface area contributed by atoms with E-state index in [4.69, 9.17) is 0 Å². The Morgan fingerprint density at radius 1 is 0.236 bits per heavy atom. The molecular formula is C70H43NS. The predicted octanol–water partition coefficient (Wildman–Crippen LogP) is 20.1. The second-order valence-electron chi connectivity index (χ2n) is 19.0. The average molecular weight is 930 g/mol. The van der Waals surface area contributed by atoms with Crippen LogP contribution in [0.5, 0.6) is 0 Å². The van der Waals surface area contributed by atoms with Crippen LogP contribution in [0, 0.1) is 0 Å². The van der Waals surface area contributed by atoms with Crippen LogP contribution in [-0.4, -0.2) is 4.57 Å². The summed E-state index contributed by atoms with van der Waals surface area (Å²) < 4.78 is 5.13. The zero-order chi connectivity index (χ0) is 47.3. The summed E-state index contributed by atoms with van der Waals surface area (Å²) in [4.78, 5) is 0. The quantitative estimate of drug-likeness (QED) is 0.146. The van der Waals surface area contributed by atoms with E-state index in [1.54, 1.807) is 0 Å². The van der Waals surface area contributed by atoms with Crippen LogP contribution in [0.1, 0.15) is 0 Å². The van der Waals surface area contributed by atoms with Gasteiger partial charge in [0.15, 0.2) is 0 Å². The Balaban J connectivity index is 0.994. The van der Waals surface area contributed by atoms with Crippen molar-refractivity contribution in [1.82, 2.24) is 4.57 Å². The molecule has 13 aromatic carbocycles. The van der Waals surface area contributed by atoms with Crippen LogP contribution in [0.25, 0.3) is 146 Å². The van der Waals surface area contributed by atoms with Gasteiger partial charge in [0.2, 0.25) is 0 Å². The molecule has 0 bridgehead atoms. The third-order valence-electron chi connectivity index (χ3n) is 15.2. The van der Waals surface area contributed by atoms with Gasteiger partial charge in [0, 0.05) is 41.7 Å². The minimum Gasteiger partial charge on any atom is -0.308 e. The lowest BCUT2D eigenvalue weighted by Crippen LogP contribution is -1.99. The van der Waals surface area contributed by atoms with Gasteiger partial charge in [-0.3, -0.25) is 0 Å². The Hall–Kier alpha value is -9.08. The number of aromatic nitrogens is 1. The summed E-state index contributed by atoms with van der Waals surface area (Å²) in [6, 6.07) is 96.8. The van der Waals surface area contributed by atoms with E-state index < -0.39 is 0 Å². The van der Waals surface area contributed by atoms with Crippen LogP contribution in [-0.2, 0) is 0 Å². The maximum Gasteiger partial charge on any atom is 0.0619 e. The highest BCUT2D eigenvalue weighted by atomic mass is 32.1. The smallest absolute Gasteiger partial charge is 0.0619 e. The van der Waals surface area contributed by atoms with Crippen molar-refractivity contribution in [3.05, 3.63) is 261 Å². The van der Waals surface area contributed by atoms with Crippen LogP contribution in [0.4, 0.5) is 0 Å². The molecule has 2 aromatic heterocycles. The Kier molecular flexibility index (Phi) is 9.20. The van der Waals surface area contributed by atoms with E-state index in [0.717, 1.165) is 0 Å². The molecule has 15 aromatic rings. The van der Waals surface area contributed by atoms with Gasteiger partial charge in [0.05, 0.1) is 16.7 Å². The van der Waals surface area contributed by atoms with Gasteiger partial charge in [-0.1, -0.05) is 218 Å². The second-order valence-corrected chi connectivity index (χ2v) is 20.1. The normalized spacial score (nSPS) is 11.9. The molecular weight excluding hydrogens is 887 g/mol. The summed E-state index contributed by atoms with van der Waals surface area (Å²) in [6.07, 6.45) is 0. The molecule has 0 amide bonds. The third-order valence-corrected chi connectivity index (χ3v) is 16.3. The summed E-state index contributed by atoms with van der Waals surface area (Å²) in [7, 11) is 0. The molecule has 0 spiro atoms. The molecule has 0 atom stereocenters. The van der Waals surface area contributed by atoms with Crippen molar-refractivity contribution in [2.24, 2.45) is 0 Å². The highest BCUT2D eigenvalue weighted by molar-refractivity contribution is 7.26. The average Bonchev–Trinajstić information content (AvgIpc) is 3.99. The van der Waals surface area contributed by atoms with Crippen molar-refractivity contribution in [1.29, 1.82) is 0 Å². The molecule has 0 aliphatic heterocycles. The summed E-state index contributed by atoms with van der Waals surface area (Å²) in [5, 5.41) is 15.0. The van der Waals surface area contributed by atoms with Crippen LogP contribution in [0.15, 0.2) is 261 Å². The van der Waals surface area contributed by atoms with Crippen LogP contribution in [0.3, 0.4) is 0 Å². The standard InChI is InChI=1S/C70H43NS/c1-4-19-44(20-5-1)47-35-38-62-59(41-47)60-42-48(45-21-6-2-7-22-45)36-39-63(60)71(62)70-56-31-16-14-29-54(56)68(55-30-15-17-32-57(55)70)58-33-18-34-65-69(58)61-43-49(37-40-64(61)72-65)67-52-27-12-10-25-50(52)66(46-23-8-3-9-24-46)51-26-11-13-28-53(51)67/h1-43H. The van der Waals surface area contributed by atoms with E-state index in [9.17, 15) is 0 Å². The van der Waals surface area contributed by atoms with E-state index in [0.29, 0.717) is 0 Å². The summed E-state index contributed by atoms with van der Waals surface area (Å²) in [5.41, 5.74) is 16.0. The van der Waals surface area contributed by atoms with Gasteiger partial charge in [-0.2, -0.15) is 0 Å². The Morgan fingerprint density at radius 3 is 1.14 bits per heavy atom. The molecule has 1 nitrogen and oxygen atoms in total. The van der Waals surface area contributed by atoms with Crippen LogP contribution < -0.4 is 0 Å². The van der Waals surface area contributed by atoms with Crippen LogP contribution in [0.2, 0.25) is 0 Å². The number of fused-ring (bicyclic) bond motifs is 10. The van der Waals surface area contributed by atoms with E-state index in [-0.39, 0.29) is 0 Å². The lowest BCUT2D eigenvalue weighted by Gasteiger charge is -2.20. The monoisotopic (exact) mass is 929 g/mol.